The first-order valence-electron chi connectivity index (χ1n) is 4.24. The molecule has 1 nitrogen and oxygen atoms in total. The molecule has 0 spiro atoms. The minimum Gasteiger partial charge on any atom is -0.386 e. The van der Waals surface area contributed by atoms with Crippen molar-refractivity contribution in [3.05, 3.63) is 12.2 Å². The maximum absolute atomic E-state index is 10.0. The summed E-state index contributed by atoms with van der Waals surface area (Å²) in [6.45, 7) is 10.1. The highest BCUT2D eigenvalue weighted by molar-refractivity contribution is 5.14. The summed E-state index contributed by atoms with van der Waals surface area (Å²) in [6, 6.07) is 0. The first-order chi connectivity index (χ1) is 4.86. The third-order valence-corrected chi connectivity index (χ3v) is 2.78. The fourth-order valence-electron chi connectivity index (χ4n) is 1.88. The van der Waals surface area contributed by atoms with E-state index in [9.17, 15) is 5.11 Å². The molecule has 11 heavy (non-hydrogen) atoms. The maximum Gasteiger partial charge on any atom is 0.0856 e. The highest BCUT2D eigenvalue weighted by Crippen LogP contribution is 2.46. The Morgan fingerprint density at radius 1 is 1.36 bits per heavy atom. The molecule has 1 rings (SSSR count). The number of aliphatic hydroxyl groups is 1. The minimum atomic E-state index is -0.566. The average Bonchev–Trinajstić information content (AvgIpc) is 2.08. The molecule has 0 saturated heterocycles. The van der Waals surface area contributed by atoms with Crippen molar-refractivity contribution in [1.82, 2.24) is 0 Å². The van der Waals surface area contributed by atoms with Gasteiger partial charge in [0.25, 0.3) is 0 Å². The molecule has 1 saturated carbocycles. The lowest BCUT2D eigenvalue weighted by molar-refractivity contribution is 0.0753. The monoisotopic (exact) mass is 154 g/mol. The van der Waals surface area contributed by atoms with Crippen LogP contribution in [0.1, 0.15) is 40.0 Å². The maximum atomic E-state index is 10.0. The molecule has 1 atom stereocenters. The van der Waals surface area contributed by atoms with Crippen LogP contribution in [-0.4, -0.2) is 10.7 Å². The zero-order valence-electron chi connectivity index (χ0n) is 7.78. The molecule has 0 radical (unpaired) electrons. The van der Waals surface area contributed by atoms with E-state index in [0.717, 1.165) is 24.8 Å². The van der Waals surface area contributed by atoms with E-state index in [1.165, 1.54) is 0 Å². The molecule has 64 valence electrons. The topological polar surface area (TPSA) is 20.2 Å². The molecular formula is C10H18O. The fourth-order valence-corrected chi connectivity index (χ4v) is 1.88. The van der Waals surface area contributed by atoms with E-state index in [1.807, 2.05) is 6.92 Å². The van der Waals surface area contributed by atoms with Gasteiger partial charge in [0.2, 0.25) is 0 Å². The van der Waals surface area contributed by atoms with Gasteiger partial charge in [0.1, 0.15) is 0 Å². The fraction of sp³-hybridized carbons (Fsp3) is 0.800. The SMILES string of the molecule is C=C(C)C1(O)CCC(C)(C)C1. The molecule has 0 aromatic heterocycles. The predicted octanol–water partition coefficient (Wildman–Crippen LogP) is 2.50. The van der Waals surface area contributed by atoms with Crippen molar-refractivity contribution in [1.29, 1.82) is 0 Å². The van der Waals surface area contributed by atoms with Gasteiger partial charge in [-0.2, -0.15) is 0 Å². The Bertz CT molecular complexity index is 181. The molecular weight excluding hydrogens is 136 g/mol. The lowest BCUT2D eigenvalue weighted by Crippen LogP contribution is -2.26. The standard InChI is InChI=1S/C10H18O/c1-8(2)10(11)6-5-9(3,4)7-10/h11H,1,5-7H2,2-4H3. The summed E-state index contributed by atoms with van der Waals surface area (Å²) in [5, 5.41) is 10.0. The Kier molecular flexibility index (Phi) is 1.87. The normalized spacial score (nSPS) is 35.6. The zero-order valence-corrected chi connectivity index (χ0v) is 7.78. The van der Waals surface area contributed by atoms with Crippen molar-refractivity contribution in [3.63, 3.8) is 0 Å². The van der Waals surface area contributed by atoms with Crippen molar-refractivity contribution in [2.75, 3.05) is 0 Å². The highest BCUT2D eigenvalue weighted by atomic mass is 16.3. The van der Waals surface area contributed by atoms with Crippen LogP contribution in [0.2, 0.25) is 0 Å². The Hall–Kier alpha value is -0.300. The Morgan fingerprint density at radius 3 is 2.09 bits per heavy atom. The van der Waals surface area contributed by atoms with E-state index in [0.29, 0.717) is 5.41 Å². The van der Waals surface area contributed by atoms with E-state index >= 15 is 0 Å². The Labute approximate surface area is 69.1 Å². The molecule has 1 aliphatic carbocycles. The Morgan fingerprint density at radius 2 is 1.91 bits per heavy atom. The van der Waals surface area contributed by atoms with Crippen LogP contribution >= 0.6 is 0 Å². The van der Waals surface area contributed by atoms with Crippen LogP contribution in [0.5, 0.6) is 0 Å². The van der Waals surface area contributed by atoms with Gasteiger partial charge in [-0.3, -0.25) is 0 Å². The smallest absolute Gasteiger partial charge is 0.0856 e. The van der Waals surface area contributed by atoms with E-state index in [2.05, 4.69) is 20.4 Å². The van der Waals surface area contributed by atoms with Crippen molar-refractivity contribution in [3.8, 4) is 0 Å². The lowest BCUT2D eigenvalue weighted by Gasteiger charge is -2.25. The summed E-state index contributed by atoms with van der Waals surface area (Å²) in [5.74, 6) is 0. The summed E-state index contributed by atoms with van der Waals surface area (Å²) >= 11 is 0. The van der Waals surface area contributed by atoms with Gasteiger partial charge in [-0.15, -0.1) is 0 Å². The second kappa shape index (κ2) is 2.34. The minimum absolute atomic E-state index is 0.299. The van der Waals surface area contributed by atoms with Gasteiger partial charge in [-0.05, 0) is 37.2 Å². The average molecular weight is 154 g/mol. The van der Waals surface area contributed by atoms with Crippen molar-refractivity contribution in [2.45, 2.75) is 45.6 Å². The first kappa shape index (κ1) is 8.79. The number of hydrogen-bond donors (Lipinski definition) is 1. The number of rotatable bonds is 1. The van der Waals surface area contributed by atoms with Gasteiger partial charge >= 0.3 is 0 Å². The van der Waals surface area contributed by atoms with Crippen LogP contribution in [0.15, 0.2) is 12.2 Å². The van der Waals surface area contributed by atoms with Gasteiger partial charge in [0, 0.05) is 0 Å². The molecule has 1 fully saturated rings. The summed E-state index contributed by atoms with van der Waals surface area (Å²) < 4.78 is 0. The van der Waals surface area contributed by atoms with Gasteiger partial charge < -0.3 is 5.11 Å². The molecule has 1 heteroatoms. The summed E-state index contributed by atoms with van der Waals surface area (Å²) in [7, 11) is 0. The van der Waals surface area contributed by atoms with Crippen molar-refractivity contribution >= 4 is 0 Å². The molecule has 1 N–H and O–H groups in total. The van der Waals surface area contributed by atoms with Crippen LogP contribution in [0.3, 0.4) is 0 Å². The quantitative estimate of drug-likeness (QED) is 0.575. The third-order valence-electron chi connectivity index (χ3n) is 2.78. The molecule has 0 aromatic carbocycles. The van der Waals surface area contributed by atoms with E-state index in [4.69, 9.17) is 0 Å². The highest BCUT2D eigenvalue weighted by Gasteiger charge is 2.41. The molecule has 1 unspecified atom stereocenters. The van der Waals surface area contributed by atoms with Gasteiger partial charge in [0.05, 0.1) is 5.60 Å². The number of hydrogen-bond acceptors (Lipinski definition) is 1. The van der Waals surface area contributed by atoms with Crippen molar-refractivity contribution < 1.29 is 5.11 Å². The molecule has 0 bridgehead atoms. The molecule has 0 aliphatic heterocycles. The van der Waals surface area contributed by atoms with E-state index < -0.39 is 5.60 Å². The second-order valence-electron chi connectivity index (χ2n) is 4.65. The van der Waals surface area contributed by atoms with E-state index in [-0.39, 0.29) is 0 Å². The van der Waals surface area contributed by atoms with Crippen molar-refractivity contribution in [2.24, 2.45) is 5.41 Å². The van der Waals surface area contributed by atoms with Crippen LogP contribution in [0.4, 0.5) is 0 Å². The van der Waals surface area contributed by atoms with Gasteiger partial charge in [-0.25, -0.2) is 0 Å². The Balaban J connectivity index is 2.73. The second-order valence-corrected chi connectivity index (χ2v) is 4.65. The van der Waals surface area contributed by atoms with Gasteiger partial charge in [-0.1, -0.05) is 20.4 Å². The third kappa shape index (κ3) is 1.64. The molecule has 0 aromatic rings. The predicted molar refractivity (Wildman–Crippen MR) is 47.4 cm³/mol. The molecule has 0 amide bonds. The molecule has 1 aliphatic rings. The zero-order chi connectivity index (χ0) is 8.70. The molecule has 0 heterocycles. The summed E-state index contributed by atoms with van der Waals surface area (Å²) in [4.78, 5) is 0. The van der Waals surface area contributed by atoms with Crippen LogP contribution < -0.4 is 0 Å². The van der Waals surface area contributed by atoms with Gasteiger partial charge in [0.15, 0.2) is 0 Å². The first-order valence-corrected chi connectivity index (χ1v) is 4.24. The van der Waals surface area contributed by atoms with Crippen LogP contribution in [0.25, 0.3) is 0 Å². The largest absolute Gasteiger partial charge is 0.386 e. The van der Waals surface area contributed by atoms with Crippen LogP contribution in [-0.2, 0) is 0 Å². The van der Waals surface area contributed by atoms with E-state index in [1.54, 1.807) is 0 Å². The summed E-state index contributed by atoms with van der Waals surface area (Å²) in [6.07, 6.45) is 2.86. The van der Waals surface area contributed by atoms with Crippen LogP contribution in [0, 0.1) is 5.41 Å². The summed E-state index contributed by atoms with van der Waals surface area (Å²) in [5.41, 5.74) is 0.653. The lowest BCUT2D eigenvalue weighted by atomic mass is 9.87.